The summed E-state index contributed by atoms with van der Waals surface area (Å²) in [4.78, 5) is 11.5. The van der Waals surface area contributed by atoms with Crippen LogP contribution in [0, 0.1) is 5.92 Å². The SMILES string of the molecule is CC(C)CC(O)CNC(=O)COc1ccccc1O. The van der Waals surface area contributed by atoms with Crippen LogP contribution in [0.15, 0.2) is 24.3 Å². The van der Waals surface area contributed by atoms with Gasteiger partial charge in [0.1, 0.15) is 0 Å². The molecule has 19 heavy (non-hydrogen) atoms. The Morgan fingerprint density at radius 1 is 1.37 bits per heavy atom. The van der Waals surface area contributed by atoms with Gasteiger partial charge >= 0.3 is 0 Å². The van der Waals surface area contributed by atoms with E-state index in [2.05, 4.69) is 5.32 Å². The molecule has 1 amide bonds. The number of hydrogen-bond acceptors (Lipinski definition) is 4. The van der Waals surface area contributed by atoms with Gasteiger partial charge in [-0.2, -0.15) is 0 Å². The third-order valence-electron chi connectivity index (χ3n) is 2.50. The van der Waals surface area contributed by atoms with Crippen molar-refractivity contribution in [1.29, 1.82) is 0 Å². The van der Waals surface area contributed by atoms with Gasteiger partial charge in [-0.3, -0.25) is 4.79 Å². The maximum Gasteiger partial charge on any atom is 0.258 e. The van der Waals surface area contributed by atoms with Crippen LogP contribution in [-0.4, -0.2) is 35.4 Å². The molecule has 0 spiro atoms. The first-order valence-electron chi connectivity index (χ1n) is 6.34. The predicted octanol–water partition coefficient (Wildman–Crippen LogP) is 1.29. The zero-order chi connectivity index (χ0) is 14.3. The molecule has 0 aliphatic heterocycles. The topological polar surface area (TPSA) is 78.8 Å². The number of hydrogen-bond donors (Lipinski definition) is 3. The summed E-state index contributed by atoms with van der Waals surface area (Å²) in [6, 6.07) is 6.44. The van der Waals surface area contributed by atoms with E-state index in [1.807, 2.05) is 13.8 Å². The highest BCUT2D eigenvalue weighted by Crippen LogP contribution is 2.23. The van der Waals surface area contributed by atoms with Crippen molar-refractivity contribution in [3.8, 4) is 11.5 Å². The van der Waals surface area contributed by atoms with Gasteiger partial charge < -0.3 is 20.3 Å². The Hall–Kier alpha value is -1.75. The Labute approximate surface area is 113 Å². The van der Waals surface area contributed by atoms with Gasteiger partial charge in [-0.05, 0) is 24.5 Å². The van der Waals surface area contributed by atoms with Crippen LogP contribution < -0.4 is 10.1 Å². The van der Waals surface area contributed by atoms with Crippen LogP contribution >= 0.6 is 0 Å². The minimum absolute atomic E-state index is 0.00450. The number of amides is 1. The zero-order valence-corrected chi connectivity index (χ0v) is 11.3. The van der Waals surface area contributed by atoms with Gasteiger partial charge in [0.2, 0.25) is 0 Å². The zero-order valence-electron chi connectivity index (χ0n) is 11.3. The molecular formula is C14H21NO4. The van der Waals surface area contributed by atoms with Crippen LogP contribution in [-0.2, 0) is 4.79 Å². The van der Waals surface area contributed by atoms with E-state index in [0.29, 0.717) is 12.3 Å². The second-order valence-corrected chi connectivity index (χ2v) is 4.84. The molecule has 1 atom stereocenters. The number of aliphatic hydroxyl groups is 1. The third-order valence-corrected chi connectivity index (χ3v) is 2.50. The molecule has 0 saturated heterocycles. The van der Waals surface area contributed by atoms with Gasteiger partial charge in [0.25, 0.3) is 5.91 Å². The number of aromatic hydroxyl groups is 1. The van der Waals surface area contributed by atoms with Crippen molar-refractivity contribution in [2.45, 2.75) is 26.4 Å². The second kappa shape index (κ2) is 7.63. The quantitative estimate of drug-likeness (QED) is 0.695. The van der Waals surface area contributed by atoms with Gasteiger partial charge in [-0.1, -0.05) is 26.0 Å². The number of ether oxygens (including phenoxy) is 1. The fraction of sp³-hybridized carbons (Fsp3) is 0.500. The number of benzene rings is 1. The Morgan fingerprint density at radius 2 is 2.05 bits per heavy atom. The number of para-hydroxylation sites is 2. The average molecular weight is 267 g/mol. The summed E-state index contributed by atoms with van der Waals surface area (Å²) in [5, 5.41) is 21.6. The van der Waals surface area contributed by atoms with Crippen LogP contribution in [0.4, 0.5) is 0 Å². The van der Waals surface area contributed by atoms with E-state index in [4.69, 9.17) is 4.74 Å². The van der Waals surface area contributed by atoms with Gasteiger partial charge in [0.05, 0.1) is 6.10 Å². The van der Waals surface area contributed by atoms with Crippen molar-refractivity contribution >= 4 is 5.91 Å². The fourth-order valence-electron chi connectivity index (χ4n) is 1.63. The van der Waals surface area contributed by atoms with Crippen molar-refractivity contribution in [3.63, 3.8) is 0 Å². The number of rotatable bonds is 7. The van der Waals surface area contributed by atoms with Crippen LogP contribution in [0.25, 0.3) is 0 Å². The van der Waals surface area contributed by atoms with Crippen molar-refractivity contribution in [1.82, 2.24) is 5.32 Å². The van der Waals surface area contributed by atoms with Gasteiger partial charge in [-0.15, -0.1) is 0 Å². The fourth-order valence-corrected chi connectivity index (χ4v) is 1.63. The molecule has 0 heterocycles. The Balaban J connectivity index is 2.27. The Kier molecular flexibility index (Phi) is 6.15. The van der Waals surface area contributed by atoms with E-state index in [1.165, 1.54) is 6.07 Å². The highest BCUT2D eigenvalue weighted by Gasteiger charge is 2.10. The monoisotopic (exact) mass is 267 g/mol. The maximum absolute atomic E-state index is 11.5. The first kappa shape index (κ1) is 15.3. The summed E-state index contributed by atoms with van der Waals surface area (Å²) in [5.41, 5.74) is 0. The average Bonchev–Trinajstić information content (AvgIpc) is 2.34. The number of phenolic OH excluding ortho intramolecular Hbond substituents is 1. The molecule has 0 aliphatic carbocycles. The van der Waals surface area contributed by atoms with E-state index in [1.54, 1.807) is 18.2 Å². The standard InChI is InChI=1S/C14H21NO4/c1-10(2)7-11(16)8-15-14(18)9-19-13-6-4-3-5-12(13)17/h3-6,10-11,16-17H,7-9H2,1-2H3,(H,15,18). The van der Waals surface area contributed by atoms with Crippen LogP contribution in [0.5, 0.6) is 11.5 Å². The lowest BCUT2D eigenvalue weighted by molar-refractivity contribution is -0.123. The van der Waals surface area contributed by atoms with Crippen LogP contribution in [0.2, 0.25) is 0 Å². The normalized spacial score (nSPS) is 12.2. The van der Waals surface area contributed by atoms with Gasteiger partial charge in [0, 0.05) is 6.54 Å². The Bertz CT molecular complexity index is 406. The van der Waals surface area contributed by atoms with Crippen molar-refractivity contribution in [2.75, 3.05) is 13.2 Å². The highest BCUT2D eigenvalue weighted by molar-refractivity contribution is 5.77. The van der Waals surface area contributed by atoms with E-state index in [-0.39, 0.29) is 30.6 Å². The molecule has 0 fully saturated rings. The number of phenols is 1. The molecule has 1 aromatic rings. The second-order valence-electron chi connectivity index (χ2n) is 4.84. The van der Waals surface area contributed by atoms with Crippen molar-refractivity contribution < 1.29 is 19.7 Å². The molecule has 0 saturated carbocycles. The molecule has 1 aromatic carbocycles. The first-order chi connectivity index (χ1) is 8.99. The lowest BCUT2D eigenvalue weighted by Gasteiger charge is -2.14. The van der Waals surface area contributed by atoms with E-state index < -0.39 is 6.10 Å². The highest BCUT2D eigenvalue weighted by atomic mass is 16.5. The summed E-state index contributed by atoms with van der Waals surface area (Å²) in [5.74, 6) is 0.311. The largest absolute Gasteiger partial charge is 0.504 e. The van der Waals surface area contributed by atoms with E-state index in [9.17, 15) is 15.0 Å². The third kappa shape index (κ3) is 6.10. The number of carbonyl (C=O) groups excluding carboxylic acids is 1. The smallest absolute Gasteiger partial charge is 0.258 e. The lowest BCUT2D eigenvalue weighted by atomic mass is 10.1. The number of aliphatic hydroxyl groups excluding tert-OH is 1. The van der Waals surface area contributed by atoms with E-state index >= 15 is 0 Å². The predicted molar refractivity (Wildman–Crippen MR) is 72.1 cm³/mol. The summed E-state index contributed by atoms with van der Waals surface area (Å²) in [6.07, 6.45) is 0.0923. The van der Waals surface area contributed by atoms with Gasteiger partial charge in [-0.25, -0.2) is 0 Å². The molecule has 0 aromatic heterocycles. The van der Waals surface area contributed by atoms with Crippen molar-refractivity contribution in [2.24, 2.45) is 5.92 Å². The van der Waals surface area contributed by atoms with Crippen molar-refractivity contribution in [3.05, 3.63) is 24.3 Å². The summed E-state index contributed by atoms with van der Waals surface area (Å²) in [6.45, 7) is 4.03. The number of carbonyl (C=O) groups is 1. The summed E-state index contributed by atoms with van der Waals surface area (Å²) in [7, 11) is 0. The lowest BCUT2D eigenvalue weighted by Crippen LogP contribution is -2.35. The first-order valence-corrected chi connectivity index (χ1v) is 6.34. The molecule has 0 aliphatic rings. The Morgan fingerprint density at radius 3 is 2.68 bits per heavy atom. The minimum Gasteiger partial charge on any atom is -0.504 e. The molecule has 0 bridgehead atoms. The summed E-state index contributed by atoms with van der Waals surface area (Å²) < 4.78 is 5.17. The molecule has 5 nitrogen and oxygen atoms in total. The van der Waals surface area contributed by atoms with Crippen LogP contribution in [0.1, 0.15) is 20.3 Å². The maximum atomic E-state index is 11.5. The van der Waals surface area contributed by atoms with Crippen LogP contribution in [0.3, 0.4) is 0 Å². The number of nitrogens with one attached hydrogen (secondary N) is 1. The molecule has 1 rings (SSSR count). The molecule has 3 N–H and O–H groups in total. The molecule has 0 radical (unpaired) electrons. The van der Waals surface area contributed by atoms with Gasteiger partial charge in [0.15, 0.2) is 18.1 Å². The molecule has 106 valence electrons. The molecule has 5 heteroatoms. The molecular weight excluding hydrogens is 246 g/mol. The minimum atomic E-state index is -0.547. The molecule has 1 unspecified atom stereocenters. The van der Waals surface area contributed by atoms with E-state index in [0.717, 1.165) is 0 Å². The summed E-state index contributed by atoms with van der Waals surface area (Å²) >= 11 is 0.